The summed E-state index contributed by atoms with van der Waals surface area (Å²) in [5.74, 6) is -7.76. The largest absolute Gasteiger partial charge is 0.459 e. The number of carbonyl (C=O) groups excluding carboxylic acids is 7. The van der Waals surface area contributed by atoms with Crippen LogP contribution >= 0.6 is 0 Å². The fourth-order valence-corrected chi connectivity index (χ4v) is 17.9. The Morgan fingerprint density at radius 3 is 2.22 bits per heavy atom. The number of aliphatic hydroxyl groups excluding tert-OH is 1. The number of ether oxygens (including phenoxy) is 10. The van der Waals surface area contributed by atoms with Crippen molar-refractivity contribution in [2.24, 2.45) is 35.3 Å². The lowest BCUT2D eigenvalue weighted by Crippen LogP contribution is -2.61. The molecule has 3 saturated heterocycles. The fourth-order valence-electron chi connectivity index (χ4n) is 17.9. The van der Waals surface area contributed by atoms with Gasteiger partial charge in [0.05, 0.1) is 89.5 Å². The Bertz CT molecular complexity index is 4880. The first-order valence-electron chi connectivity index (χ1n) is 45.0. The van der Waals surface area contributed by atoms with Gasteiger partial charge in [-0.2, -0.15) is 10.1 Å². The quantitative estimate of drug-likeness (QED) is 0.0117. The van der Waals surface area contributed by atoms with Gasteiger partial charge in [-0.3, -0.25) is 28.9 Å². The number of esters is 1. The molecule has 4 fully saturated rings. The van der Waals surface area contributed by atoms with Crippen LogP contribution in [-0.4, -0.2) is 281 Å². The highest BCUT2D eigenvalue weighted by atomic mass is 16.6. The van der Waals surface area contributed by atoms with Gasteiger partial charge in [0.1, 0.15) is 59.6 Å². The molecule has 1 aliphatic carbocycles. The first-order valence-corrected chi connectivity index (χ1v) is 45.0. The van der Waals surface area contributed by atoms with Crippen LogP contribution in [0.3, 0.4) is 0 Å². The maximum atomic E-state index is 14.8. The number of nitrogens with two attached hydrogens (primary N) is 3. The van der Waals surface area contributed by atoms with Crippen LogP contribution in [0.5, 0.6) is 0 Å². The number of nitrogens with one attached hydrogen (secondary N) is 1. The molecule has 6 aromatic rings. The molecule has 15 atom stereocenters. The van der Waals surface area contributed by atoms with Crippen molar-refractivity contribution in [1.29, 1.82) is 0 Å². The minimum Gasteiger partial charge on any atom is -0.459 e. The van der Waals surface area contributed by atoms with Crippen molar-refractivity contribution in [1.82, 2.24) is 54.7 Å². The van der Waals surface area contributed by atoms with Crippen LogP contribution in [0.15, 0.2) is 107 Å². The minimum absolute atomic E-state index is 0.00780. The number of nitrogen functional groups attached to an aromatic ring is 2. The highest BCUT2D eigenvalue weighted by molar-refractivity contribution is 6.39. The summed E-state index contributed by atoms with van der Waals surface area (Å²) < 4.78 is 66.3. The smallest absolute Gasteiger partial charge is 0.407 e. The van der Waals surface area contributed by atoms with E-state index in [2.05, 4.69) is 58.2 Å². The van der Waals surface area contributed by atoms with Crippen LogP contribution in [0.25, 0.3) is 33.4 Å². The number of rotatable bonds is 28. The summed E-state index contributed by atoms with van der Waals surface area (Å²) in [6.07, 6.45) is 13.9. The molecule has 35 nitrogen and oxygen atoms in total. The number of aromatic nitrogens is 7. The number of allylic oxidation sites excluding steroid dienone is 6. The van der Waals surface area contributed by atoms with Crippen LogP contribution in [-0.2, 0) is 102 Å². The van der Waals surface area contributed by atoms with Gasteiger partial charge < -0.3 is 99.2 Å². The molecule has 2 aromatic carbocycles. The molecule has 0 spiro atoms. The van der Waals surface area contributed by atoms with E-state index >= 15 is 0 Å². The SMILES string of the molecule is CO[C@H]1C[C@@H]2CC[C@@H](C)[C@@](O)(O2)C(=O)C(=O)N2CCCC[C@H]2C(=O)O[C@H]([C@H](N)C[C@@H]2CC[C@@H](OC(=O)NCc3cnc(N4CCN(CCOCCOCCOCCOCCC(=O)N5CCc6cc(Cn7nc(-c8ccc9oc(N)nc9c8)c8c(N)ncnc87)ccc6C5)CC4)nc3)[C@H](OC)C2)CC(=O)[C@H](C)/C=C(\C)[C@@H](O)[C@@H](OC)C(=O)[C@H](C)C[C@H](C)/C=C/C=C/C=C/1C. The molecule has 3 amide bonds. The number of cyclic esters (lactones) is 1. The van der Waals surface area contributed by atoms with Crippen LogP contribution < -0.4 is 27.4 Å². The Hall–Kier alpha value is -9.89. The third-order valence-corrected chi connectivity index (χ3v) is 25.6. The highest BCUT2D eigenvalue weighted by Gasteiger charge is 2.53. The van der Waals surface area contributed by atoms with Gasteiger partial charge in [0, 0.05) is 140 Å². The molecule has 35 heteroatoms. The average molecular weight is 1780 g/mol. The Kier molecular flexibility index (Phi) is 35.4. The molecular formula is C93H129N15O20. The van der Waals surface area contributed by atoms with E-state index in [1.807, 2.05) is 65.9 Å². The summed E-state index contributed by atoms with van der Waals surface area (Å²) in [5.41, 5.74) is 27.6. The van der Waals surface area contributed by atoms with Crippen LogP contribution in [0, 0.1) is 29.6 Å². The number of benzene rings is 2. The first-order chi connectivity index (χ1) is 61.7. The monoisotopic (exact) mass is 1780 g/mol. The van der Waals surface area contributed by atoms with E-state index in [-0.39, 0.29) is 74.7 Å². The molecule has 0 unspecified atom stereocenters. The summed E-state index contributed by atoms with van der Waals surface area (Å²) >= 11 is 0. The molecule has 128 heavy (non-hydrogen) atoms. The molecule has 9 N–H and O–H groups in total. The van der Waals surface area contributed by atoms with E-state index in [0.717, 1.165) is 66.3 Å². The lowest BCUT2D eigenvalue weighted by atomic mass is 9.80. The number of amides is 3. The lowest BCUT2D eigenvalue weighted by molar-refractivity contribution is -0.265. The average Bonchev–Trinajstić information content (AvgIpc) is 1.48. The van der Waals surface area contributed by atoms with Crippen molar-refractivity contribution in [2.45, 2.75) is 212 Å². The predicted octanol–water partition coefficient (Wildman–Crippen LogP) is 7.92. The maximum absolute atomic E-state index is 14.8. The zero-order valence-corrected chi connectivity index (χ0v) is 75.3. The van der Waals surface area contributed by atoms with Gasteiger partial charge in [0.25, 0.3) is 17.7 Å². The zero-order valence-electron chi connectivity index (χ0n) is 75.3. The van der Waals surface area contributed by atoms with Crippen molar-refractivity contribution in [3.63, 3.8) is 0 Å². The number of fused-ring (bicyclic) bond motifs is 6. The number of piperazine rings is 1. The predicted molar refractivity (Wildman–Crippen MR) is 475 cm³/mol. The second-order valence-electron chi connectivity index (χ2n) is 34.8. The summed E-state index contributed by atoms with van der Waals surface area (Å²) in [5, 5.41) is 32.2. The van der Waals surface area contributed by atoms with Gasteiger partial charge in [-0.1, -0.05) is 82.4 Å². The number of ketones is 3. The van der Waals surface area contributed by atoms with Gasteiger partial charge in [0.15, 0.2) is 17.0 Å². The number of oxazole rings is 1. The number of nitrogens with zero attached hydrogens (tertiary/aromatic N) is 11. The van der Waals surface area contributed by atoms with Crippen molar-refractivity contribution >= 4 is 81.1 Å². The number of methoxy groups -OCH3 is 3. The van der Waals surface area contributed by atoms with Crippen LogP contribution in [0.1, 0.15) is 147 Å². The van der Waals surface area contributed by atoms with Gasteiger partial charge in [-0.25, -0.2) is 34.2 Å². The molecule has 696 valence electrons. The van der Waals surface area contributed by atoms with Crippen LogP contribution in [0.2, 0.25) is 0 Å². The van der Waals surface area contributed by atoms with Crippen molar-refractivity contribution < 1.29 is 95.6 Å². The number of aliphatic hydroxyl groups is 2. The third-order valence-electron chi connectivity index (χ3n) is 25.6. The summed E-state index contributed by atoms with van der Waals surface area (Å²) in [7, 11) is 4.45. The second kappa shape index (κ2) is 46.6. The summed E-state index contributed by atoms with van der Waals surface area (Å²) in [4.78, 5) is 129. The molecule has 6 aliphatic rings. The maximum Gasteiger partial charge on any atom is 0.407 e. The molecule has 2 bridgehead atoms. The van der Waals surface area contributed by atoms with Gasteiger partial charge in [0.2, 0.25) is 17.6 Å². The molecule has 4 aromatic heterocycles. The number of hydrogen-bond donors (Lipinski definition) is 6. The molecule has 5 aliphatic heterocycles. The number of Topliss-reactive ketones (excluding diaryl/α,β-unsaturated/α-hetero) is 3. The standard InChI is InChI=1S/C93H129N15O20/c1-57-15-11-10-12-16-58(2)76(118-7)49-69-23-18-62(6)93(117,128-69)85(113)88(114)107-28-14-13-17-72(107)89(115)125-77(50-73(109)59(3)44-61(5)83(112)84(120-9)82(111)60(4)43-57)70(94)46-63-20-24-75(78(47-63)119-8)127-92(116)99-53-65-51-97-91(98-52-65)105-32-30-104(31-33-105)34-36-122-38-40-124-42-41-123-39-37-121-35-27-79(110)106-29-26-66-45-64(19-21-68(66)55-106)54-108-87-80(86(95)100-56-101-87)81(103-108)67-22-25-74-71(48-67)102-90(96)126-74/h10-12,15-16,19,21-22,25,44-45,48,51-52,56-57,59-60,62-63,69-70,72,75-78,83-84,112,117H,13-14,17-18,20,23-24,26-43,46-47,49-50,53-55,94H2,1-9H3,(H2,96,102)(H,99,116)(H2,95,100,101)/b12-10+,15-11+,58-16+,61-44+/t57-,59-,60-,62-,63+,69+,70-,72+,75-,76+,77+,78-,83-,84+,93-/m1/s1. The van der Waals surface area contributed by atoms with Crippen molar-refractivity contribution in [3.8, 4) is 11.3 Å². The molecule has 12 rings (SSSR count). The molecule has 1 saturated carbocycles. The normalized spacial score (nSPS) is 27.7. The number of carbonyl (C=O) groups is 7. The van der Waals surface area contributed by atoms with Crippen LogP contribution in [0.4, 0.5) is 22.6 Å². The highest BCUT2D eigenvalue weighted by Crippen LogP contribution is 2.39. The van der Waals surface area contributed by atoms with Gasteiger partial charge in [-0.05, 0) is 142 Å². The number of anilines is 3. The molecular weight excluding hydrogens is 1650 g/mol. The lowest BCUT2D eigenvalue weighted by Gasteiger charge is -2.42. The Morgan fingerprint density at radius 2 is 1.48 bits per heavy atom. The van der Waals surface area contributed by atoms with E-state index in [1.165, 1.54) is 26.1 Å². The van der Waals surface area contributed by atoms with Crippen molar-refractivity contribution in [2.75, 3.05) is 136 Å². The second-order valence-corrected chi connectivity index (χ2v) is 34.8. The van der Waals surface area contributed by atoms with Gasteiger partial charge >= 0.3 is 12.1 Å². The van der Waals surface area contributed by atoms with E-state index in [4.69, 9.17) is 74.1 Å². The fraction of sp³-hybridized carbons (Fsp3) is 0.602. The Morgan fingerprint density at radius 1 is 0.742 bits per heavy atom. The Labute approximate surface area is 747 Å². The number of piperidine rings is 1. The van der Waals surface area contributed by atoms with E-state index < -0.39 is 108 Å². The minimum atomic E-state index is -2.51. The summed E-state index contributed by atoms with van der Waals surface area (Å²) in [6, 6.07) is 9.71. The molecule has 0 radical (unpaired) electrons. The Balaban J connectivity index is 0.531. The molecule has 9 heterocycles. The third kappa shape index (κ3) is 25.6. The van der Waals surface area contributed by atoms with Crippen molar-refractivity contribution in [3.05, 3.63) is 125 Å². The number of hydrogen-bond acceptors (Lipinski definition) is 31. The topological polar surface area (TPSA) is 451 Å². The van der Waals surface area contributed by atoms with E-state index in [9.17, 15) is 43.8 Å². The summed E-state index contributed by atoms with van der Waals surface area (Å²) in [6.45, 7) is 19.4. The van der Waals surface area contributed by atoms with E-state index in [0.29, 0.717) is 175 Å². The first kappa shape index (κ1) is 97.2. The zero-order chi connectivity index (χ0) is 91.1. The van der Waals surface area contributed by atoms with E-state index in [1.54, 1.807) is 59.3 Å². The van der Waals surface area contributed by atoms with Gasteiger partial charge in [-0.15, -0.1) is 0 Å². The number of alkyl carbamates (subject to hydrolysis) is 1.